The summed E-state index contributed by atoms with van der Waals surface area (Å²) in [4.78, 5) is 39.0. The van der Waals surface area contributed by atoms with E-state index < -0.39 is 17.1 Å². The summed E-state index contributed by atoms with van der Waals surface area (Å²) in [5.74, 6) is 0.108. The number of thioether (sulfide) groups is 1. The number of amides is 3. The van der Waals surface area contributed by atoms with E-state index in [4.69, 9.17) is 9.47 Å². The van der Waals surface area contributed by atoms with Crippen molar-refractivity contribution in [2.75, 3.05) is 26.1 Å². The quantitative estimate of drug-likeness (QED) is 0.558. The van der Waals surface area contributed by atoms with Gasteiger partial charge in [-0.2, -0.15) is 0 Å². The number of nitrogens with zero attached hydrogens (tertiary/aromatic N) is 1. The Morgan fingerprint density at radius 2 is 1.75 bits per heavy atom. The van der Waals surface area contributed by atoms with Crippen LogP contribution in [0.25, 0.3) is 16.8 Å². The number of benzene rings is 3. The van der Waals surface area contributed by atoms with Crippen molar-refractivity contribution in [2.45, 2.75) is 0 Å². The number of hydrogen-bond acceptors (Lipinski definition) is 6. The van der Waals surface area contributed by atoms with E-state index in [2.05, 4.69) is 5.32 Å². The normalized spacial score (nSPS) is 14.8. The highest BCUT2D eigenvalue weighted by Gasteiger charge is 2.36. The molecule has 3 aromatic rings. The predicted molar refractivity (Wildman–Crippen MR) is 125 cm³/mol. The number of fused-ring (bicyclic) bond motifs is 1. The fourth-order valence-corrected chi connectivity index (χ4v) is 4.24. The van der Waals surface area contributed by atoms with Crippen molar-refractivity contribution in [1.29, 1.82) is 0 Å². The molecular weight excluding hydrogens is 428 g/mol. The Kier molecular flexibility index (Phi) is 6.13. The number of anilines is 1. The van der Waals surface area contributed by atoms with Crippen LogP contribution in [-0.4, -0.2) is 42.7 Å². The fourth-order valence-electron chi connectivity index (χ4n) is 3.40. The van der Waals surface area contributed by atoms with Gasteiger partial charge in [0.05, 0.1) is 19.1 Å². The Balaban J connectivity index is 1.49. The van der Waals surface area contributed by atoms with Crippen molar-refractivity contribution in [3.63, 3.8) is 0 Å². The summed E-state index contributed by atoms with van der Waals surface area (Å²) in [5.41, 5.74) is 1.30. The van der Waals surface area contributed by atoms with E-state index in [9.17, 15) is 14.4 Å². The monoisotopic (exact) mass is 448 g/mol. The minimum absolute atomic E-state index is 0.236. The molecule has 0 spiro atoms. The number of imide groups is 1. The molecule has 162 valence electrons. The highest BCUT2D eigenvalue weighted by molar-refractivity contribution is 8.18. The SMILES string of the molecule is COc1ccc(/C=C2/SC(=O)N(CC(=O)Nc3cccc4ccccc34)C2=O)cc1OC. The number of hydrogen-bond donors (Lipinski definition) is 1. The number of methoxy groups -OCH3 is 2. The van der Waals surface area contributed by atoms with Gasteiger partial charge in [-0.1, -0.05) is 42.5 Å². The van der Waals surface area contributed by atoms with Crippen LogP contribution in [0.4, 0.5) is 10.5 Å². The molecule has 0 bridgehead atoms. The Bertz CT molecular complexity index is 1250. The second-order valence-corrected chi connectivity index (χ2v) is 7.95. The molecular formula is C24H20N2O5S. The summed E-state index contributed by atoms with van der Waals surface area (Å²) < 4.78 is 10.5. The highest BCUT2D eigenvalue weighted by atomic mass is 32.2. The second-order valence-electron chi connectivity index (χ2n) is 6.96. The molecule has 0 unspecified atom stereocenters. The van der Waals surface area contributed by atoms with E-state index in [0.717, 1.165) is 27.4 Å². The number of nitrogens with one attached hydrogen (secondary N) is 1. The van der Waals surface area contributed by atoms with Crippen molar-refractivity contribution in [2.24, 2.45) is 0 Å². The average molecular weight is 449 g/mol. The first-order chi connectivity index (χ1) is 15.5. The molecule has 8 heteroatoms. The lowest BCUT2D eigenvalue weighted by Crippen LogP contribution is -2.36. The molecule has 1 saturated heterocycles. The van der Waals surface area contributed by atoms with Gasteiger partial charge < -0.3 is 14.8 Å². The second kappa shape index (κ2) is 9.15. The maximum absolute atomic E-state index is 12.8. The molecule has 3 amide bonds. The largest absolute Gasteiger partial charge is 0.493 e. The van der Waals surface area contributed by atoms with Crippen LogP contribution in [0.3, 0.4) is 0 Å². The Morgan fingerprint density at radius 1 is 1.00 bits per heavy atom. The van der Waals surface area contributed by atoms with Gasteiger partial charge in [0.1, 0.15) is 6.54 Å². The van der Waals surface area contributed by atoms with Crippen LogP contribution >= 0.6 is 11.8 Å². The van der Waals surface area contributed by atoms with Crippen LogP contribution < -0.4 is 14.8 Å². The average Bonchev–Trinajstić information content (AvgIpc) is 3.06. The van der Waals surface area contributed by atoms with Crippen LogP contribution in [0.2, 0.25) is 0 Å². The van der Waals surface area contributed by atoms with Crippen molar-refractivity contribution in [3.05, 3.63) is 71.1 Å². The van der Waals surface area contributed by atoms with Crippen molar-refractivity contribution in [3.8, 4) is 11.5 Å². The van der Waals surface area contributed by atoms with E-state index in [1.807, 2.05) is 36.4 Å². The van der Waals surface area contributed by atoms with Crippen LogP contribution in [-0.2, 0) is 9.59 Å². The Labute approximate surface area is 189 Å². The lowest BCUT2D eigenvalue weighted by atomic mass is 10.1. The third-order valence-corrected chi connectivity index (χ3v) is 5.85. The molecule has 1 aliphatic rings. The molecule has 32 heavy (non-hydrogen) atoms. The number of ether oxygens (including phenoxy) is 2. The standard InChI is InChI=1S/C24H20N2O5S/c1-30-19-11-10-15(12-20(19)31-2)13-21-23(28)26(24(29)32-21)14-22(27)25-18-9-5-7-16-6-3-4-8-17(16)18/h3-13H,14H2,1-2H3,(H,25,27)/b21-13+. The van der Waals surface area contributed by atoms with Gasteiger partial charge >= 0.3 is 0 Å². The molecule has 4 rings (SSSR count). The lowest BCUT2D eigenvalue weighted by molar-refractivity contribution is -0.127. The molecule has 7 nitrogen and oxygen atoms in total. The zero-order valence-corrected chi connectivity index (χ0v) is 18.3. The summed E-state index contributed by atoms with van der Waals surface area (Å²) in [7, 11) is 3.05. The number of carbonyl (C=O) groups excluding carboxylic acids is 3. The molecule has 0 aromatic heterocycles. The summed E-state index contributed by atoms with van der Waals surface area (Å²) in [6.45, 7) is -0.364. The maximum Gasteiger partial charge on any atom is 0.294 e. The topological polar surface area (TPSA) is 84.9 Å². The van der Waals surface area contributed by atoms with Gasteiger partial charge in [-0.15, -0.1) is 0 Å². The van der Waals surface area contributed by atoms with E-state index in [-0.39, 0.29) is 11.4 Å². The first-order valence-corrected chi connectivity index (χ1v) is 10.6. The predicted octanol–water partition coefficient (Wildman–Crippen LogP) is 4.53. The summed E-state index contributed by atoms with van der Waals surface area (Å²) >= 11 is 0.797. The summed E-state index contributed by atoms with van der Waals surface area (Å²) in [5, 5.41) is 4.17. The van der Waals surface area contributed by atoms with E-state index in [0.29, 0.717) is 22.7 Å². The van der Waals surface area contributed by atoms with Crippen LogP contribution in [0.1, 0.15) is 5.56 Å². The summed E-state index contributed by atoms with van der Waals surface area (Å²) in [6.07, 6.45) is 1.59. The Hall–Kier alpha value is -3.78. The molecule has 0 radical (unpaired) electrons. The first kappa shape index (κ1) is 21.5. The summed E-state index contributed by atoms with van der Waals surface area (Å²) in [6, 6.07) is 18.4. The van der Waals surface area contributed by atoms with Gasteiger partial charge in [0.2, 0.25) is 5.91 Å². The molecule has 3 aromatic carbocycles. The van der Waals surface area contributed by atoms with Gasteiger partial charge in [0, 0.05) is 11.1 Å². The van der Waals surface area contributed by atoms with Gasteiger partial charge in [-0.05, 0) is 47.0 Å². The molecule has 0 aliphatic carbocycles. The van der Waals surface area contributed by atoms with E-state index in [1.165, 1.54) is 14.2 Å². The fraction of sp³-hybridized carbons (Fsp3) is 0.125. The zero-order chi connectivity index (χ0) is 22.7. The van der Waals surface area contributed by atoms with Crippen LogP contribution in [0.15, 0.2) is 65.6 Å². The van der Waals surface area contributed by atoms with Crippen LogP contribution in [0, 0.1) is 0 Å². The highest BCUT2D eigenvalue weighted by Crippen LogP contribution is 2.34. The number of carbonyl (C=O) groups is 3. The molecule has 1 N–H and O–H groups in total. The smallest absolute Gasteiger partial charge is 0.294 e. The van der Waals surface area contributed by atoms with Crippen molar-refractivity contribution >= 4 is 51.4 Å². The minimum Gasteiger partial charge on any atom is -0.493 e. The van der Waals surface area contributed by atoms with Gasteiger partial charge in [-0.3, -0.25) is 19.3 Å². The van der Waals surface area contributed by atoms with Crippen molar-refractivity contribution < 1.29 is 23.9 Å². The third kappa shape index (κ3) is 4.31. The van der Waals surface area contributed by atoms with Crippen molar-refractivity contribution in [1.82, 2.24) is 4.90 Å². The molecule has 1 heterocycles. The molecule has 0 atom stereocenters. The van der Waals surface area contributed by atoms with Gasteiger partial charge in [-0.25, -0.2) is 0 Å². The van der Waals surface area contributed by atoms with Gasteiger partial charge in [0.25, 0.3) is 11.1 Å². The zero-order valence-electron chi connectivity index (χ0n) is 17.5. The van der Waals surface area contributed by atoms with E-state index >= 15 is 0 Å². The molecule has 1 aliphatic heterocycles. The number of rotatable bonds is 6. The Morgan fingerprint density at radius 3 is 2.53 bits per heavy atom. The first-order valence-electron chi connectivity index (χ1n) is 9.75. The van der Waals surface area contributed by atoms with E-state index in [1.54, 1.807) is 30.3 Å². The lowest BCUT2D eigenvalue weighted by Gasteiger charge is -2.13. The van der Waals surface area contributed by atoms with Gasteiger partial charge in [0.15, 0.2) is 11.5 Å². The molecule has 0 saturated carbocycles. The third-order valence-electron chi connectivity index (χ3n) is 4.94. The molecule has 1 fully saturated rings. The minimum atomic E-state index is -0.511. The van der Waals surface area contributed by atoms with Crippen LogP contribution in [0.5, 0.6) is 11.5 Å². The maximum atomic E-state index is 12.8.